The van der Waals surface area contributed by atoms with Crippen LogP contribution in [0.3, 0.4) is 0 Å². The van der Waals surface area contributed by atoms with Crippen LogP contribution in [0.15, 0.2) is 35.2 Å². The normalized spacial score (nSPS) is 11.9. The van der Waals surface area contributed by atoms with Gasteiger partial charge >= 0.3 is 0 Å². The molecule has 0 aliphatic rings. The number of rotatable bonds is 10. The third kappa shape index (κ3) is 7.15. The van der Waals surface area contributed by atoms with E-state index in [0.29, 0.717) is 26.2 Å². The maximum Gasteiger partial charge on any atom is 0.244 e. The summed E-state index contributed by atoms with van der Waals surface area (Å²) in [6.45, 7) is 8.73. The predicted molar refractivity (Wildman–Crippen MR) is 106 cm³/mol. The summed E-state index contributed by atoms with van der Waals surface area (Å²) >= 11 is 0. The van der Waals surface area contributed by atoms with E-state index in [1.54, 1.807) is 45.9 Å². The lowest BCUT2D eigenvalue weighted by Gasteiger charge is -2.18. The van der Waals surface area contributed by atoms with Crippen molar-refractivity contribution in [3.8, 4) is 0 Å². The molecular formula is C19H29N3O4S. The lowest BCUT2D eigenvalue weighted by molar-refractivity contribution is -0.124. The van der Waals surface area contributed by atoms with Crippen LogP contribution in [-0.4, -0.2) is 50.7 Å². The van der Waals surface area contributed by atoms with E-state index in [-0.39, 0.29) is 22.6 Å². The lowest BCUT2D eigenvalue weighted by Crippen LogP contribution is -2.35. The molecule has 0 heterocycles. The number of nitrogens with zero attached hydrogens (tertiary/aromatic N) is 1. The molecule has 0 unspecified atom stereocenters. The largest absolute Gasteiger partial charge is 0.354 e. The quantitative estimate of drug-likeness (QED) is 0.465. The molecule has 0 aliphatic heterocycles. The molecule has 2 amide bonds. The molecule has 0 spiro atoms. The average Bonchev–Trinajstić information content (AvgIpc) is 2.64. The first kappa shape index (κ1) is 22.9. The van der Waals surface area contributed by atoms with E-state index >= 15 is 0 Å². The Balaban J connectivity index is 2.57. The van der Waals surface area contributed by atoms with Gasteiger partial charge in [-0.3, -0.25) is 9.59 Å². The van der Waals surface area contributed by atoms with Gasteiger partial charge in [-0.15, -0.1) is 0 Å². The van der Waals surface area contributed by atoms with Crippen molar-refractivity contribution in [1.82, 2.24) is 14.9 Å². The topological polar surface area (TPSA) is 95.6 Å². The number of amides is 2. The van der Waals surface area contributed by atoms with Crippen LogP contribution < -0.4 is 10.6 Å². The molecule has 1 aromatic rings. The second-order valence-electron chi connectivity index (χ2n) is 6.23. The van der Waals surface area contributed by atoms with Crippen LogP contribution in [0.2, 0.25) is 0 Å². The number of sulfonamides is 1. The Morgan fingerprint density at radius 1 is 1.04 bits per heavy atom. The number of hydrogen-bond acceptors (Lipinski definition) is 4. The van der Waals surface area contributed by atoms with Gasteiger partial charge < -0.3 is 10.6 Å². The van der Waals surface area contributed by atoms with Crippen LogP contribution in [0.25, 0.3) is 6.08 Å². The highest BCUT2D eigenvalue weighted by molar-refractivity contribution is 7.89. The van der Waals surface area contributed by atoms with E-state index in [4.69, 9.17) is 0 Å². The van der Waals surface area contributed by atoms with Crippen molar-refractivity contribution in [2.24, 2.45) is 5.92 Å². The van der Waals surface area contributed by atoms with E-state index in [0.717, 1.165) is 5.56 Å². The molecule has 0 fully saturated rings. The van der Waals surface area contributed by atoms with Crippen molar-refractivity contribution in [2.75, 3.05) is 26.2 Å². The zero-order chi connectivity index (χ0) is 20.4. The van der Waals surface area contributed by atoms with Gasteiger partial charge in [0.25, 0.3) is 0 Å². The third-order valence-electron chi connectivity index (χ3n) is 3.90. The minimum absolute atomic E-state index is 0.0560. The summed E-state index contributed by atoms with van der Waals surface area (Å²) < 4.78 is 26.2. The fourth-order valence-electron chi connectivity index (χ4n) is 2.27. The van der Waals surface area contributed by atoms with Crippen LogP contribution in [0, 0.1) is 5.92 Å². The highest BCUT2D eigenvalue weighted by Gasteiger charge is 2.20. The van der Waals surface area contributed by atoms with Crippen molar-refractivity contribution < 1.29 is 18.0 Å². The third-order valence-corrected chi connectivity index (χ3v) is 5.96. The van der Waals surface area contributed by atoms with Crippen LogP contribution in [0.1, 0.15) is 33.3 Å². The van der Waals surface area contributed by atoms with Crippen molar-refractivity contribution >= 4 is 27.9 Å². The highest BCUT2D eigenvalue weighted by Crippen LogP contribution is 2.16. The molecule has 2 N–H and O–H groups in total. The lowest BCUT2D eigenvalue weighted by atomic mass is 10.2. The second kappa shape index (κ2) is 10.8. The summed E-state index contributed by atoms with van der Waals surface area (Å²) in [5, 5.41) is 5.38. The standard InChI is InChI=1S/C19H29N3O4S/c1-5-22(6-2)27(25,26)17-10-7-16(8-11-17)9-12-18(23)20-13-14-21-19(24)15(3)4/h7-12,15H,5-6,13-14H2,1-4H3,(H,20,23)(H,21,24)/b12-9+. The Morgan fingerprint density at radius 3 is 2.11 bits per heavy atom. The number of carbonyl (C=O) groups excluding carboxylic acids is 2. The summed E-state index contributed by atoms with van der Waals surface area (Å²) in [7, 11) is -3.48. The summed E-state index contributed by atoms with van der Waals surface area (Å²) in [4.78, 5) is 23.4. The molecule has 0 saturated carbocycles. The Kier molecular flexibility index (Phi) is 9.17. The molecule has 0 bridgehead atoms. The maximum absolute atomic E-state index is 12.4. The van der Waals surface area contributed by atoms with E-state index in [1.165, 1.54) is 22.5 Å². The molecule has 1 rings (SSSR count). The first-order valence-electron chi connectivity index (χ1n) is 9.06. The second-order valence-corrected chi connectivity index (χ2v) is 8.17. The number of benzene rings is 1. The molecule has 150 valence electrons. The van der Waals surface area contributed by atoms with E-state index in [9.17, 15) is 18.0 Å². The van der Waals surface area contributed by atoms with Gasteiger partial charge in [0.15, 0.2) is 0 Å². The van der Waals surface area contributed by atoms with Gasteiger partial charge in [-0.05, 0) is 23.8 Å². The predicted octanol–water partition coefficient (Wildman–Crippen LogP) is 1.62. The van der Waals surface area contributed by atoms with Crippen molar-refractivity contribution in [1.29, 1.82) is 0 Å². The monoisotopic (exact) mass is 395 g/mol. The van der Waals surface area contributed by atoms with Crippen LogP contribution in [0.5, 0.6) is 0 Å². The maximum atomic E-state index is 12.4. The fraction of sp³-hybridized carbons (Fsp3) is 0.474. The van der Waals surface area contributed by atoms with Gasteiger partial charge in [-0.2, -0.15) is 4.31 Å². The molecule has 8 heteroatoms. The number of carbonyl (C=O) groups is 2. The van der Waals surface area contributed by atoms with Gasteiger partial charge in [-0.1, -0.05) is 39.8 Å². The molecule has 0 radical (unpaired) electrons. The van der Waals surface area contributed by atoms with E-state index < -0.39 is 10.0 Å². The zero-order valence-electron chi connectivity index (χ0n) is 16.4. The fourth-order valence-corrected chi connectivity index (χ4v) is 3.73. The van der Waals surface area contributed by atoms with Gasteiger partial charge in [-0.25, -0.2) is 8.42 Å². The van der Waals surface area contributed by atoms with E-state index in [2.05, 4.69) is 10.6 Å². The summed E-state index contributed by atoms with van der Waals surface area (Å²) in [5.74, 6) is -0.428. The minimum atomic E-state index is -3.48. The van der Waals surface area contributed by atoms with Crippen LogP contribution in [0.4, 0.5) is 0 Å². The van der Waals surface area contributed by atoms with Gasteiger partial charge in [0.05, 0.1) is 4.90 Å². The van der Waals surface area contributed by atoms with Gasteiger partial charge in [0.1, 0.15) is 0 Å². The van der Waals surface area contributed by atoms with Crippen LogP contribution in [-0.2, 0) is 19.6 Å². The Bertz CT molecular complexity index is 752. The van der Waals surface area contributed by atoms with Crippen molar-refractivity contribution in [3.05, 3.63) is 35.9 Å². The minimum Gasteiger partial charge on any atom is -0.354 e. The van der Waals surface area contributed by atoms with Gasteiger partial charge in [0, 0.05) is 38.2 Å². The molecule has 0 aliphatic carbocycles. The smallest absolute Gasteiger partial charge is 0.244 e. The number of hydrogen-bond donors (Lipinski definition) is 2. The summed E-state index contributed by atoms with van der Waals surface area (Å²) in [6.07, 6.45) is 2.98. The molecular weight excluding hydrogens is 366 g/mol. The highest BCUT2D eigenvalue weighted by atomic mass is 32.2. The van der Waals surface area contributed by atoms with Gasteiger partial charge in [0.2, 0.25) is 21.8 Å². The SMILES string of the molecule is CCN(CC)S(=O)(=O)c1ccc(/C=C/C(=O)NCCNC(=O)C(C)C)cc1. The van der Waals surface area contributed by atoms with Crippen LogP contribution >= 0.6 is 0 Å². The first-order valence-corrected chi connectivity index (χ1v) is 10.5. The molecule has 7 nitrogen and oxygen atoms in total. The molecule has 0 atom stereocenters. The molecule has 0 aromatic heterocycles. The molecule has 1 aromatic carbocycles. The van der Waals surface area contributed by atoms with Crippen molar-refractivity contribution in [2.45, 2.75) is 32.6 Å². The van der Waals surface area contributed by atoms with E-state index in [1.807, 2.05) is 0 Å². The molecule has 27 heavy (non-hydrogen) atoms. The zero-order valence-corrected chi connectivity index (χ0v) is 17.2. The Hall–Kier alpha value is -2.19. The summed E-state index contributed by atoms with van der Waals surface area (Å²) in [5.41, 5.74) is 0.719. The Labute approximate surface area is 161 Å². The average molecular weight is 396 g/mol. The van der Waals surface area contributed by atoms with Crippen molar-refractivity contribution in [3.63, 3.8) is 0 Å². The Morgan fingerprint density at radius 2 is 1.59 bits per heavy atom. The number of nitrogens with one attached hydrogen (secondary N) is 2. The first-order chi connectivity index (χ1) is 12.7. The summed E-state index contributed by atoms with van der Waals surface area (Å²) in [6, 6.07) is 6.38. The molecule has 0 saturated heterocycles.